The fourth-order valence-electron chi connectivity index (χ4n) is 3.18. The van der Waals surface area contributed by atoms with Gasteiger partial charge in [0.1, 0.15) is 0 Å². The van der Waals surface area contributed by atoms with Crippen LogP contribution in [0, 0.1) is 0 Å². The average molecular weight is 272 g/mol. The van der Waals surface area contributed by atoms with Gasteiger partial charge in [0, 0.05) is 24.9 Å². The SMILES string of the molecule is Cn1cccc1C1CCCN1Cc1nc(C2CC2)no1. The molecule has 1 aliphatic carbocycles. The highest BCUT2D eigenvalue weighted by Gasteiger charge is 2.31. The number of nitrogens with zero attached hydrogens (tertiary/aromatic N) is 4. The van der Waals surface area contributed by atoms with Crippen LogP contribution in [0.4, 0.5) is 0 Å². The number of hydrogen-bond acceptors (Lipinski definition) is 4. The summed E-state index contributed by atoms with van der Waals surface area (Å²) >= 11 is 0. The molecule has 2 fully saturated rings. The van der Waals surface area contributed by atoms with Crippen LogP contribution in [-0.4, -0.2) is 26.2 Å². The first kappa shape index (κ1) is 12.1. The Bertz CT molecular complexity index is 599. The second-order valence-corrected chi connectivity index (χ2v) is 5.99. The fraction of sp³-hybridized carbons (Fsp3) is 0.600. The summed E-state index contributed by atoms with van der Waals surface area (Å²) < 4.78 is 7.63. The van der Waals surface area contributed by atoms with Crippen molar-refractivity contribution in [3.05, 3.63) is 35.7 Å². The standard InChI is InChI=1S/C15H20N4O/c1-18-8-2-4-12(18)13-5-3-9-19(13)10-14-16-15(17-20-14)11-6-7-11/h2,4,8,11,13H,3,5-7,9-10H2,1H3. The Labute approximate surface area is 118 Å². The number of aryl methyl sites for hydroxylation is 1. The van der Waals surface area contributed by atoms with E-state index >= 15 is 0 Å². The Balaban J connectivity index is 1.50. The summed E-state index contributed by atoms with van der Waals surface area (Å²) in [7, 11) is 2.11. The number of aromatic nitrogens is 3. The maximum Gasteiger partial charge on any atom is 0.240 e. The molecule has 1 atom stereocenters. The zero-order valence-electron chi connectivity index (χ0n) is 11.8. The van der Waals surface area contributed by atoms with Crippen LogP contribution in [-0.2, 0) is 13.6 Å². The molecule has 1 unspecified atom stereocenters. The van der Waals surface area contributed by atoms with E-state index in [4.69, 9.17) is 4.52 Å². The van der Waals surface area contributed by atoms with Crippen molar-refractivity contribution in [1.29, 1.82) is 0 Å². The molecule has 5 nitrogen and oxygen atoms in total. The van der Waals surface area contributed by atoms with Crippen molar-refractivity contribution in [2.45, 2.75) is 44.2 Å². The second-order valence-electron chi connectivity index (χ2n) is 5.99. The van der Waals surface area contributed by atoms with Crippen molar-refractivity contribution in [3.63, 3.8) is 0 Å². The smallest absolute Gasteiger partial charge is 0.240 e. The predicted octanol–water partition coefficient (Wildman–Crippen LogP) is 2.62. The van der Waals surface area contributed by atoms with E-state index in [-0.39, 0.29) is 0 Å². The molecule has 2 aromatic heterocycles. The third-order valence-electron chi connectivity index (χ3n) is 4.45. The van der Waals surface area contributed by atoms with E-state index in [1.165, 1.54) is 31.4 Å². The number of rotatable bonds is 4. The van der Waals surface area contributed by atoms with Crippen LogP contribution >= 0.6 is 0 Å². The normalized spacial score (nSPS) is 23.6. The quantitative estimate of drug-likeness (QED) is 0.858. The Hall–Kier alpha value is -1.62. The largest absolute Gasteiger partial charge is 0.353 e. The summed E-state index contributed by atoms with van der Waals surface area (Å²) in [4.78, 5) is 7.01. The van der Waals surface area contributed by atoms with Gasteiger partial charge in [0.2, 0.25) is 5.89 Å². The van der Waals surface area contributed by atoms with Gasteiger partial charge < -0.3 is 9.09 Å². The van der Waals surface area contributed by atoms with E-state index in [0.29, 0.717) is 12.0 Å². The summed E-state index contributed by atoms with van der Waals surface area (Å²) in [5.41, 5.74) is 1.38. The van der Waals surface area contributed by atoms with E-state index in [0.717, 1.165) is 24.8 Å². The van der Waals surface area contributed by atoms with Crippen molar-refractivity contribution in [2.75, 3.05) is 6.54 Å². The lowest BCUT2D eigenvalue weighted by molar-refractivity contribution is 0.207. The third-order valence-corrected chi connectivity index (χ3v) is 4.45. The Morgan fingerprint density at radius 2 is 2.25 bits per heavy atom. The summed E-state index contributed by atoms with van der Waals surface area (Å²) in [6, 6.07) is 4.81. The van der Waals surface area contributed by atoms with E-state index in [1.807, 2.05) is 0 Å². The molecule has 0 N–H and O–H groups in total. The highest BCUT2D eigenvalue weighted by Crippen LogP contribution is 2.38. The minimum Gasteiger partial charge on any atom is -0.353 e. The highest BCUT2D eigenvalue weighted by molar-refractivity contribution is 5.13. The van der Waals surface area contributed by atoms with Gasteiger partial charge in [-0.1, -0.05) is 5.16 Å². The van der Waals surface area contributed by atoms with E-state index in [9.17, 15) is 0 Å². The Morgan fingerprint density at radius 1 is 1.35 bits per heavy atom. The van der Waals surface area contributed by atoms with Gasteiger partial charge in [-0.15, -0.1) is 0 Å². The summed E-state index contributed by atoms with van der Waals surface area (Å²) in [5.74, 6) is 2.25. The van der Waals surface area contributed by atoms with Gasteiger partial charge in [-0.3, -0.25) is 4.90 Å². The molecule has 3 heterocycles. The molecule has 0 bridgehead atoms. The van der Waals surface area contributed by atoms with Crippen molar-refractivity contribution < 1.29 is 4.52 Å². The molecular weight excluding hydrogens is 252 g/mol. The first-order chi connectivity index (χ1) is 9.81. The maximum atomic E-state index is 5.41. The minimum atomic E-state index is 0.478. The van der Waals surface area contributed by atoms with Crippen molar-refractivity contribution in [1.82, 2.24) is 19.6 Å². The van der Waals surface area contributed by atoms with Gasteiger partial charge in [0.05, 0.1) is 12.6 Å². The topological polar surface area (TPSA) is 47.1 Å². The van der Waals surface area contributed by atoms with Gasteiger partial charge in [0.25, 0.3) is 0 Å². The van der Waals surface area contributed by atoms with Crippen LogP contribution in [0.3, 0.4) is 0 Å². The molecule has 2 aliphatic rings. The lowest BCUT2D eigenvalue weighted by Gasteiger charge is -2.23. The van der Waals surface area contributed by atoms with E-state index in [2.05, 4.69) is 45.0 Å². The zero-order valence-corrected chi connectivity index (χ0v) is 11.8. The molecule has 0 amide bonds. The summed E-state index contributed by atoms with van der Waals surface area (Å²) in [5, 5.41) is 4.11. The molecule has 1 aliphatic heterocycles. The first-order valence-electron chi connectivity index (χ1n) is 7.49. The highest BCUT2D eigenvalue weighted by atomic mass is 16.5. The lowest BCUT2D eigenvalue weighted by Crippen LogP contribution is -2.24. The lowest BCUT2D eigenvalue weighted by atomic mass is 10.1. The van der Waals surface area contributed by atoms with Gasteiger partial charge in [-0.25, -0.2) is 0 Å². The summed E-state index contributed by atoms with van der Waals surface area (Å²) in [6.45, 7) is 1.88. The van der Waals surface area contributed by atoms with E-state index < -0.39 is 0 Å². The van der Waals surface area contributed by atoms with Crippen molar-refractivity contribution in [3.8, 4) is 0 Å². The molecule has 5 heteroatoms. The number of likely N-dealkylation sites (tertiary alicyclic amines) is 1. The molecule has 0 aromatic carbocycles. The predicted molar refractivity (Wildman–Crippen MR) is 74.1 cm³/mol. The first-order valence-corrected chi connectivity index (χ1v) is 7.49. The van der Waals surface area contributed by atoms with Crippen LogP contribution in [0.5, 0.6) is 0 Å². The molecule has 0 spiro atoms. The fourth-order valence-corrected chi connectivity index (χ4v) is 3.18. The van der Waals surface area contributed by atoms with Gasteiger partial charge >= 0.3 is 0 Å². The molecule has 0 radical (unpaired) electrons. The third kappa shape index (κ3) is 2.16. The van der Waals surface area contributed by atoms with Crippen molar-refractivity contribution in [2.24, 2.45) is 7.05 Å². The molecule has 106 valence electrons. The molecule has 1 saturated carbocycles. The van der Waals surface area contributed by atoms with Crippen LogP contribution in [0.25, 0.3) is 0 Å². The van der Waals surface area contributed by atoms with Crippen molar-refractivity contribution >= 4 is 0 Å². The number of hydrogen-bond donors (Lipinski definition) is 0. The second kappa shape index (κ2) is 4.74. The molecule has 4 rings (SSSR count). The molecular formula is C15H20N4O. The van der Waals surface area contributed by atoms with E-state index in [1.54, 1.807) is 0 Å². The van der Waals surface area contributed by atoms with Crippen LogP contribution < -0.4 is 0 Å². The average Bonchev–Trinajstić information content (AvgIpc) is 2.85. The van der Waals surface area contributed by atoms with Gasteiger partial charge in [-0.2, -0.15) is 4.98 Å². The minimum absolute atomic E-state index is 0.478. The monoisotopic (exact) mass is 272 g/mol. The van der Waals surface area contributed by atoms with Crippen LogP contribution in [0.1, 0.15) is 55.1 Å². The molecule has 1 saturated heterocycles. The van der Waals surface area contributed by atoms with Crippen LogP contribution in [0.2, 0.25) is 0 Å². The molecule has 20 heavy (non-hydrogen) atoms. The summed E-state index contributed by atoms with van der Waals surface area (Å²) in [6.07, 6.45) is 6.99. The van der Waals surface area contributed by atoms with Gasteiger partial charge in [-0.05, 0) is 44.4 Å². The Kier molecular flexibility index (Phi) is 2.88. The molecule has 2 aromatic rings. The van der Waals surface area contributed by atoms with Gasteiger partial charge in [0.15, 0.2) is 5.82 Å². The Morgan fingerprint density at radius 3 is 3.00 bits per heavy atom. The van der Waals surface area contributed by atoms with Crippen LogP contribution in [0.15, 0.2) is 22.9 Å². The zero-order chi connectivity index (χ0) is 13.5. The maximum absolute atomic E-state index is 5.41.